The summed E-state index contributed by atoms with van der Waals surface area (Å²) in [7, 11) is 0. The number of nitriles is 3. The van der Waals surface area contributed by atoms with Crippen LogP contribution in [0.5, 0.6) is 0 Å². The number of hydrogen-bond acceptors (Lipinski definition) is 3. The maximum absolute atomic E-state index is 13.9. The van der Waals surface area contributed by atoms with Gasteiger partial charge >= 0.3 is 0 Å². The lowest BCUT2D eigenvalue weighted by Gasteiger charge is -2.02. The van der Waals surface area contributed by atoms with E-state index in [0.29, 0.717) is 36.4 Å². The first kappa shape index (κ1) is 26.8. The van der Waals surface area contributed by atoms with Crippen molar-refractivity contribution in [1.29, 1.82) is 15.8 Å². The van der Waals surface area contributed by atoms with Crippen molar-refractivity contribution in [3.63, 3.8) is 0 Å². The van der Waals surface area contributed by atoms with Gasteiger partial charge in [-0.3, -0.25) is 0 Å². The van der Waals surface area contributed by atoms with Gasteiger partial charge in [-0.15, -0.1) is 0 Å². The highest BCUT2D eigenvalue weighted by Crippen LogP contribution is 2.56. The second kappa shape index (κ2) is 9.88. The second-order valence-corrected chi connectivity index (χ2v) is 7.85. The predicted molar refractivity (Wildman–Crippen MR) is 117 cm³/mol. The molecule has 0 radical (unpaired) electrons. The molecule has 12 heteroatoms. The molecule has 1 aliphatic carbocycles. The zero-order valence-electron chi connectivity index (χ0n) is 18.7. The van der Waals surface area contributed by atoms with E-state index >= 15 is 0 Å². The Morgan fingerprint density at radius 3 is 0.718 bits per heavy atom. The first-order valence-corrected chi connectivity index (χ1v) is 10.3. The summed E-state index contributed by atoms with van der Waals surface area (Å²) in [5.74, 6) is -16.0. The Morgan fingerprint density at radius 2 is 0.564 bits per heavy atom. The zero-order valence-corrected chi connectivity index (χ0v) is 18.7. The van der Waals surface area contributed by atoms with E-state index in [1.54, 1.807) is 18.2 Å². The highest BCUT2D eigenvalue weighted by Gasteiger charge is 2.42. The van der Waals surface area contributed by atoms with Gasteiger partial charge in [0.15, 0.2) is 52.4 Å². The molecule has 3 aromatic carbocycles. The summed E-state index contributed by atoms with van der Waals surface area (Å²) in [6, 6.07) is 7.12. The maximum atomic E-state index is 13.9. The fraction of sp³-hybridized carbons (Fsp3) is 0. The second-order valence-electron chi connectivity index (χ2n) is 7.85. The first-order chi connectivity index (χ1) is 18.4. The Kier molecular flexibility index (Phi) is 6.78. The lowest BCUT2D eigenvalue weighted by molar-refractivity contribution is 0.446. The van der Waals surface area contributed by atoms with Gasteiger partial charge in [0.1, 0.15) is 18.2 Å². The lowest BCUT2D eigenvalue weighted by Crippen LogP contribution is -1.94. The van der Waals surface area contributed by atoms with Gasteiger partial charge in [0, 0.05) is 16.7 Å². The molecule has 0 aliphatic heterocycles. The number of nitrogens with zero attached hydrogens (tertiary/aromatic N) is 3. The van der Waals surface area contributed by atoms with E-state index in [9.17, 15) is 55.3 Å². The van der Waals surface area contributed by atoms with Crippen LogP contribution in [0.2, 0.25) is 0 Å². The number of allylic oxidation sites excluding steroid dienone is 6. The largest absolute Gasteiger partial charge is 0.204 e. The van der Waals surface area contributed by atoms with Gasteiger partial charge in [0.05, 0.1) is 16.7 Å². The van der Waals surface area contributed by atoms with Gasteiger partial charge in [0.25, 0.3) is 0 Å². The summed E-state index contributed by atoms with van der Waals surface area (Å²) in [6.45, 7) is 0. The molecular formula is C27H6F9N3. The molecule has 0 unspecified atom stereocenters. The van der Waals surface area contributed by atoms with E-state index in [1.165, 1.54) is 0 Å². The Balaban J connectivity index is 2.16. The molecule has 0 atom stereocenters. The van der Waals surface area contributed by atoms with E-state index in [1.807, 2.05) is 0 Å². The van der Waals surface area contributed by atoms with E-state index in [2.05, 4.69) is 0 Å². The third kappa shape index (κ3) is 4.51. The smallest absolute Gasteiger partial charge is 0.194 e. The minimum atomic E-state index is -1.88. The van der Waals surface area contributed by atoms with Gasteiger partial charge in [0.2, 0.25) is 0 Å². The Hall–Kier alpha value is -5.28. The quantitative estimate of drug-likeness (QED) is 0.200. The minimum absolute atomic E-state index is 0.407. The third-order valence-corrected chi connectivity index (χ3v) is 5.59. The Labute approximate surface area is 212 Å². The molecule has 0 amide bonds. The Morgan fingerprint density at radius 1 is 0.385 bits per heavy atom. The van der Waals surface area contributed by atoms with Crippen LogP contribution in [0.4, 0.5) is 39.5 Å². The van der Waals surface area contributed by atoms with Crippen molar-refractivity contribution in [1.82, 2.24) is 0 Å². The van der Waals surface area contributed by atoms with Crippen LogP contribution in [0.3, 0.4) is 0 Å². The van der Waals surface area contributed by atoms with Crippen molar-refractivity contribution in [2.24, 2.45) is 0 Å². The molecular weight excluding hydrogens is 537 g/mol. The molecule has 0 saturated heterocycles. The molecule has 1 fully saturated rings. The normalized spacial score (nSPS) is 12.0. The molecule has 3 nitrogen and oxygen atoms in total. The summed E-state index contributed by atoms with van der Waals surface area (Å²) in [5.41, 5.74) is -5.14. The van der Waals surface area contributed by atoms with Crippen molar-refractivity contribution in [3.05, 3.63) is 122 Å². The Bertz CT molecular complexity index is 1540. The average molecular weight is 543 g/mol. The van der Waals surface area contributed by atoms with Gasteiger partial charge < -0.3 is 0 Å². The van der Waals surface area contributed by atoms with Crippen LogP contribution in [0.15, 0.2) is 53.1 Å². The van der Waals surface area contributed by atoms with Crippen LogP contribution in [0, 0.1) is 86.3 Å². The third-order valence-electron chi connectivity index (χ3n) is 5.59. The van der Waals surface area contributed by atoms with Crippen LogP contribution in [0.25, 0.3) is 16.7 Å². The van der Waals surface area contributed by atoms with Crippen molar-refractivity contribution >= 4 is 16.7 Å². The van der Waals surface area contributed by atoms with Gasteiger partial charge in [-0.05, 0) is 53.1 Å². The molecule has 39 heavy (non-hydrogen) atoms. The number of rotatable bonds is 3. The minimum Gasteiger partial charge on any atom is -0.204 e. The molecule has 3 aromatic rings. The van der Waals surface area contributed by atoms with E-state index in [4.69, 9.17) is 0 Å². The molecule has 1 saturated carbocycles. The van der Waals surface area contributed by atoms with E-state index in [0.717, 1.165) is 0 Å². The highest BCUT2D eigenvalue weighted by atomic mass is 19.2. The van der Waals surface area contributed by atoms with Crippen LogP contribution in [-0.2, 0) is 0 Å². The van der Waals surface area contributed by atoms with Crippen LogP contribution in [0.1, 0.15) is 16.7 Å². The van der Waals surface area contributed by atoms with E-state index < -0.39 is 102 Å². The summed E-state index contributed by atoms with van der Waals surface area (Å²) < 4.78 is 124. The molecule has 0 heterocycles. The highest BCUT2D eigenvalue weighted by molar-refractivity contribution is 6.12. The summed E-state index contributed by atoms with van der Waals surface area (Å²) in [6.07, 6.45) is 0. The molecule has 0 N–H and O–H groups in total. The molecule has 4 rings (SSSR count). The fourth-order valence-corrected chi connectivity index (χ4v) is 3.83. The summed E-state index contributed by atoms with van der Waals surface area (Å²) in [4.78, 5) is 0. The van der Waals surface area contributed by atoms with Crippen LogP contribution in [-0.4, -0.2) is 0 Å². The van der Waals surface area contributed by atoms with Gasteiger partial charge in [-0.2, -0.15) is 15.8 Å². The molecule has 192 valence electrons. The standard InChI is InChI=1S/C27H6F9N3/c28-16-1-10(2-17(29)25(16)34)13(7-37)22-23(14(8-38)11-3-18(30)26(35)19(31)4-11)24(22)15(9-39)12-5-20(32)27(36)21(33)6-12/h1-6H. The predicted octanol–water partition coefficient (Wildman–Crippen LogP) is 7.18. The summed E-state index contributed by atoms with van der Waals surface area (Å²) in [5, 5.41) is 29.3. The molecule has 0 bridgehead atoms. The fourth-order valence-electron chi connectivity index (χ4n) is 3.83. The van der Waals surface area contributed by atoms with E-state index in [-0.39, 0.29) is 0 Å². The van der Waals surface area contributed by atoms with Crippen molar-refractivity contribution in [2.75, 3.05) is 0 Å². The van der Waals surface area contributed by atoms with Crippen molar-refractivity contribution in [3.8, 4) is 18.2 Å². The van der Waals surface area contributed by atoms with Gasteiger partial charge in [-0.1, -0.05) is 0 Å². The van der Waals surface area contributed by atoms with Crippen molar-refractivity contribution in [2.45, 2.75) is 0 Å². The lowest BCUT2D eigenvalue weighted by atomic mass is 10.0. The zero-order chi connectivity index (χ0) is 28.8. The van der Waals surface area contributed by atoms with Gasteiger partial charge in [-0.25, -0.2) is 39.5 Å². The number of hydrogen-bond donors (Lipinski definition) is 0. The summed E-state index contributed by atoms with van der Waals surface area (Å²) >= 11 is 0. The topological polar surface area (TPSA) is 71.4 Å². The number of benzene rings is 3. The maximum Gasteiger partial charge on any atom is 0.194 e. The van der Waals surface area contributed by atoms with Crippen LogP contribution < -0.4 is 0 Å². The monoisotopic (exact) mass is 543 g/mol. The van der Waals surface area contributed by atoms with Crippen LogP contribution >= 0.6 is 0 Å². The molecule has 1 aliphatic rings. The SMILES string of the molecule is N#CC(=C1C(=C(C#N)c2cc(F)c(F)c(F)c2)C1=C(C#N)c1cc(F)c(F)c(F)c1)c1cc(F)c(F)c(F)c1. The molecule has 0 spiro atoms. The number of halogens is 9. The van der Waals surface area contributed by atoms with Crippen molar-refractivity contribution < 1.29 is 39.5 Å². The average Bonchev–Trinajstić information content (AvgIpc) is 3.59. The molecule has 0 aromatic heterocycles. The first-order valence-electron chi connectivity index (χ1n) is 10.3.